The van der Waals surface area contributed by atoms with Gasteiger partial charge in [-0.15, -0.1) is 0 Å². The summed E-state index contributed by atoms with van der Waals surface area (Å²) in [5, 5.41) is 3.57. The van der Waals surface area contributed by atoms with E-state index in [2.05, 4.69) is 43.4 Å². The zero-order valence-electron chi connectivity index (χ0n) is 13.1. The number of unbranched alkanes of at least 4 members (excludes halogenated alkanes) is 1. The van der Waals surface area contributed by atoms with Crippen LogP contribution in [-0.4, -0.2) is 26.0 Å². The van der Waals surface area contributed by atoms with Crippen molar-refractivity contribution in [2.24, 2.45) is 0 Å². The van der Waals surface area contributed by atoms with Crippen LogP contribution < -0.4 is 5.32 Å². The van der Waals surface area contributed by atoms with Crippen molar-refractivity contribution in [3.8, 4) is 0 Å². The summed E-state index contributed by atoms with van der Waals surface area (Å²) in [5.41, 5.74) is 2.68. The fourth-order valence-corrected chi connectivity index (χ4v) is 4.35. The molecule has 0 amide bonds. The maximum Gasteiger partial charge on any atom is 0.150 e. The molecule has 1 unspecified atom stereocenters. The first-order valence-electron chi connectivity index (χ1n) is 8.05. The van der Waals surface area contributed by atoms with E-state index in [0.717, 1.165) is 19.3 Å². The summed E-state index contributed by atoms with van der Waals surface area (Å²) in [5.74, 6) is 0.653. The molecule has 1 N–H and O–H groups in total. The second-order valence-electron chi connectivity index (χ2n) is 6.16. The molecule has 1 heterocycles. The lowest BCUT2D eigenvalue weighted by Crippen LogP contribution is -2.38. The van der Waals surface area contributed by atoms with Crippen molar-refractivity contribution in [2.45, 2.75) is 58.0 Å². The minimum Gasteiger partial charge on any atom is -0.307 e. The van der Waals surface area contributed by atoms with Crippen LogP contribution in [0.2, 0.25) is 0 Å². The Morgan fingerprint density at radius 3 is 2.38 bits per heavy atom. The molecule has 0 spiro atoms. The second kappa shape index (κ2) is 7.41. The summed E-state index contributed by atoms with van der Waals surface area (Å²) in [6.45, 7) is 4.37. The molecule has 1 saturated heterocycles. The average Bonchev–Trinajstić information content (AvgIpc) is 2.48. The van der Waals surface area contributed by atoms with Crippen molar-refractivity contribution in [1.82, 2.24) is 5.32 Å². The van der Waals surface area contributed by atoms with Crippen LogP contribution in [-0.2, 0) is 16.3 Å². The third-order valence-corrected chi connectivity index (χ3v) is 6.05. The molecule has 4 heteroatoms. The summed E-state index contributed by atoms with van der Waals surface area (Å²) in [6.07, 6.45) is 5.09. The maximum atomic E-state index is 11.4. The van der Waals surface area contributed by atoms with E-state index in [1.54, 1.807) is 0 Å². The highest BCUT2D eigenvalue weighted by molar-refractivity contribution is 7.91. The van der Waals surface area contributed by atoms with Gasteiger partial charge in [-0.1, -0.05) is 37.6 Å². The van der Waals surface area contributed by atoms with E-state index in [1.807, 2.05) is 0 Å². The molecule has 0 radical (unpaired) electrons. The molecule has 0 bridgehead atoms. The van der Waals surface area contributed by atoms with E-state index >= 15 is 0 Å². The summed E-state index contributed by atoms with van der Waals surface area (Å²) < 4.78 is 22.9. The molecule has 1 aliphatic heterocycles. The predicted molar refractivity (Wildman–Crippen MR) is 88.3 cm³/mol. The van der Waals surface area contributed by atoms with Crippen LogP contribution in [0.15, 0.2) is 24.3 Å². The molecule has 3 nitrogen and oxygen atoms in total. The Kier molecular flexibility index (Phi) is 5.82. The highest BCUT2D eigenvalue weighted by atomic mass is 32.2. The Balaban J connectivity index is 1.87. The van der Waals surface area contributed by atoms with Gasteiger partial charge < -0.3 is 5.32 Å². The van der Waals surface area contributed by atoms with E-state index in [1.165, 1.54) is 24.0 Å². The highest BCUT2D eigenvalue weighted by Crippen LogP contribution is 2.19. The maximum absolute atomic E-state index is 11.4. The van der Waals surface area contributed by atoms with Crippen LogP contribution in [0.1, 0.15) is 56.7 Å². The summed E-state index contributed by atoms with van der Waals surface area (Å²) in [6, 6.07) is 9.42. The summed E-state index contributed by atoms with van der Waals surface area (Å²) >= 11 is 0. The number of benzene rings is 1. The molecule has 1 aliphatic rings. The Hall–Kier alpha value is -0.870. The largest absolute Gasteiger partial charge is 0.307 e. The molecule has 1 fully saturated rings. The normalized spacial score (nSPS) is 20.3. The van der Waals surface area contributed by atoms with Gasteiger partial charge in [0.05, 0.1) is 11.5 Å². The molecule has 21 heavy (non-hydrogen) atoms. The van der Waals surface area contributed by atoms with E-state index in [9.17, 15) is 8.42 Å². The zero-order chi connectivity index (χ0) is 15.3. The predicted octanol–water partition coefficient (Wildman–Crippen LogP) is 3.26. The third kappa shape index (κ3) is 5.11. The van der Waals surface area contributed by atoms with Gasteiger partial charge in [-0.3, -0.25) is 0 Å². The number of hydrogen-bond acceptors (Lipinski definition) is 3. The molecule has 0 aliphatic carbocycles. The van der Waals surface area contributed by atoms with Gasteiger partial charge >= 0.3 is 0 Å². The quantitative estimate of drug-likeness (QED) is 0.877. The van der Waals surface area contributed by atoms with E-state index in [4.69, 9.17) is 0 Å². The van der Waals surface area contributed by atoms with E-state index in [0.29, 0.717) is 17.5 Å². The van der Waals surface area contributed by atoms with Gasteiger partial charge in [-0.05, 0) is 43.7 Å². The number of aryl methyl sites for hydroxylation is 1. The molecule has 2 rings (SSSR count). The molecule has 0 saturated carbocycles. The highest BCUT2D eigenvalue weighted by Gasteiger charge is 2.24. The van der Waals surface area contributed by atoms with Crippen molar-refractivity contribution in [1.29, 1.82) is 0 Å². The Bertz CT molecular complexity index is 522. The number of hydrogen-bond donors (Lipinski definition) is 1. The van der Waals surface area contributed by atoms with Crippen LogP contribution >= 0.6 is 0 Å². The fraction of sp³-hybridized carbons (Fsp3) is 0.647. The number of rotatable bonds is 6. The standard InChI is InChI=1S/C17H27NO2S/c1-3-4-5-15-6-8-16(9-7-15)14(2)18-17-10-12-21(19,20)13-11-17/h6-9,14,17-18H,3-5,10-13H2,1-2H3. The Labute approximate surface area is 129 Å². The minimum absolute atomic E-state index is 0.274. The molecule has 0 aromatic heterocycles. The van der Waals surface area contributed by atoms with E-state index < -0.39 is 9.84 Å². The first-order valence-corrected chi connectivity index (χ1v) is 9.87. The SMILES string of the molecule is CCCCc1ccc(C(C)NC2CCS(=O)(=O)CC2)cc1. The smallest absolute Gasteiger partial charge is 0.150 e. The minimum atomic E-state index is -2.77. The molecular weight excluding hydrogens is 282 g/mol. The van der Waals surface area contributed by atoms with Crippen molar-refractivity contribution >= 4 is 9.84 Å². The van der Waals surface area contributed by atoms with Crippen LogP contribution in [0.3, 0.4) is 0 Å². The first kappa shape index (κ1) is 16.5. The first-order chi connectivity index (χ1) is 10.00. The summed E-state index contributed by atoms with van der Waals surface area (Å²) in [7, 11) is -2.77. The molecular formula is C17H27NO2S. The summed E-state index contributed by atoms with van der Waals surface area (Å²) in [4.78, 5) is 0. The molecule has 1 atom stereocenters. The molecule has 118 valence electrons. The van der Waals surface area contributed by atoms with Crippen LogP contribution in [0.5, 0.6) is 0 Å². The van der Waals surface area contributed by atoms with Gasteiger partial charge in [0, 0.05) is 12.1 Å². The van der Waals surface area contributed by atoms with Gasteiger partial charge in [-0.25, -0.2) is 8.42 Å². The van der Waals surface area contributed by atoms with Gasteiger partial charge in [0.1, 0.15) is 9.84 Å². The third-order valence-electron chi connectivity index (χ3n) is 4.34. The van der Waals surface area contributed by atoms with Crippen molar-refractivity contribution in [3.05, 3.63) is 35.4 Å². The molecule has 1 aromatic rings. The lowest BCUT2D eigenvalue weighted by atomic mass is 10.0. The zero-order valence-corrected chi connectivity index (χ0v) is 14.0. The van der Waals surface area contributed by atoms with Gasteiger partial charge in [0.15, 0.2) is 0 Å². The lowest BCUT2D eigenvalue weighted by Gasteiger charge is -2.27. The second-order valence-corrected chi connectivity index (χ2v) is 8.46. The lowest BCUT2D eigenvalue weighted by molar-refractivity contribution is 0.420. The van der Waals surface area contributed by atoms with Crippen molar-refractivity contribution < 1.29 is 8.42 Å². The fourth-order valence-electron chi connectivity index (χ4n) is 2.86. The number of sulfone groups is 1. The topological polar surface area (TPSA) is 46.2 Å². The van der Waals surface area contributed by atoms with Gasteiger partial charge in [0.25, 0.3) is 0 Å². The van der Waals surface area contributed by atoms with Crippen molar-refractivity contribution in [3.63, 3.8) is 0 Å². The van der Waals surface area contributed by atoms with Crippen LogP contribution in [0.25, 0.3) is 0 Å². The van der Waals surface area contributed by atoms with Crippen molar-refractivity contribution in [2.75, 3.05) is 11.5 Å². The van der Waals surface area contributed by atoms with Gasteiger partial charge in [0.2, 0.25) is 0 Å². The monoisotopic (exact) mass is 309 g/mol. The van der Waals surface area contributed by atoms with E-state index in [-0.39, 0.29) is 6.04 Å². The van der Waals surface area contributed by atoms with Crippen LogP contribution in [0, 0.1) is 0 Å². The average molecular weight is 309 g/mol. The number of nitrogens with one attached hydrogen (secondary N) is 1. The Morgan fingerprint density at radius 2 is 1.81 bits per heavy atom. The van der Waals surface area contributed by atoms with Crippen LogP contribution in [0.4, 0.5) is 0 Å². The Morgan fingerprint density at radius 1 is 1.19 bits per heavy atom. The molecule has 1 aromatic carbocycles. The van der Waals surface area contributed by atoms with Gasteiger partial charge in [-0.2, -0.15) is 0 Å².